The standard InChI is InChI=1S/C15H29NO2/c1-4-5-6-7-8-14(17)18-15(2,3)13-9-11-16-12-10-13/h13,16H,4-12H2,1-3H3/p+1. The number of rotatable bonds is 7. The van der Waals surface area contributed by atoms with Gasteiger partial charge in [-0.05, 0) is 20.3 Å². The third-order valence-electron chi connectivity index (χ3n) is 4.03. The van der Waals surface area contributed by atoms with Gasteiger partial charge in [0.05, 0.1) is 13.1 Å². The number of quaternary nitrogens is 1. The highest BCUT2D eigenvalue weighted by molar-refractivity contribution is 5.69. The number of piperidine rings is 1. The van der Waals surface area contributed by atoms with Gasteiger partial charge in [-0.15, -0.1) is 0 Å². The second-order valence-corrected chi connectivity index (χ2v) is 6.03. The van der Waals surface area contributed by atoms with Gasteiger partial charge >= 0.3 is 5.97 Å². The number of hydrogen-bond donors (Lipinski definition) is 1. The van der Waals surface area contributed by atoms with Gasteiger partial charge in [0.25, 0.3) is 0 Å². The quantitative estimate of drug-likeness (QED) is 0.561. The van der Waals surface area contributed by atoms with E-state index in [1.54, 1.807) is 0 Å². The number of ether oxygens (including phenoxy) is 1. The lowest BCUT2D eigenvalue weighted by Gasteiger charge is -2.35. The van der Waals surface area contributed by atoms with E-state index in [1.165, 1.54) is 25.9 Å². The molecule has 1 aliphatic heterocycles. The van der Waals surface area contributed by atoms with Crippen LogP contribution < -0.4 is 5.32 Å². The molecule has 2 N–H and O–H groups in total. The van der Waals surface area contributed by atoms with Crippen LogP contribution in [-0.4, -0.2) is 24.7 Å². The minimum absolute atomic E-state index is 0.00865. The van der Waals surface area contributed by atoms with Crippen LogP contribution in [0.15, 0.2) is 0 Å². The molecule has 1 rings (SSSR count). The van der Waals surface area contributed by atoms with Gasteiger partial charge in [-0.25, -0.2) is 0 Å². The van der Waals surface area contributed by atoms with E-state index in [-0.39, 0.29) is 11.6 Å². The van der Waals surface area contributed by atoms with Crippen LogP contribution in [0.1, 0.15) is 65.7 Å². The Bertz CT molecular complexity index is 245. The van der Waals surface area contributed by atoms with Crippen LogP contribution in [0.2, 0.25) is 0 Å². The third-order valence-corrected chi connectivity index (χ3v) is 4.03. The Hall–Kier alpha value is -0.570. The second-order valence-electron chi connectivity index (χ2n) is 6.03. The van der Waals surface area contributed by atoms with Crippen LogP contribution in [0.5, 0.6) is 0 Å². The molecule has 106 valence electrons. The van der Waals surface area contributed by atoms with Gasteiger partial charge in [0.1, 0.15) is 5.60 Å². The predicted octanol–water partition coefficient (Wildman–Crippen LogP) is 2.25. The summed E-state index contributed by atoms with van der Waals surface area (Å²) >= 11 is 0. The van der Waals surface area contributed by atoms with Crippen molar-refractivity contribution in [1.29, 1.82) is 0 Å². The lowest BCUT2D eigenvalue weighted by atomic mass is 9.83. The molecule has 1 aliphatic rings. The number of esters is 1. The van der Waals surface area contributed by atoms with E-state index in [0.29, 0.717) is 12.3 Å². The molecule has 1 saturated heterocycles. The molecule has 0 bridgehead atoms. The maximum absolute atomic E-state index is 11.8. The van der Waals surface area contributed by atoms with Gasteiger partial charge < -0.3 is 10.1 Å². The summed E-state index contributed by atoms with van der Waals surface area (Å²) in [5, 5.41) is 2.35. The highest BCUT2D eigenvalue weighted by atomic mass is 16.6. The smallest absolute Gasteiger partial charge is 0.306 e. The van der Waals surface area contributed by atoms with E-state index >= 15 is 0 Å². The zero-order valence-corrected chi connectivity index (χ0v) is 12.3. The van der Waals surface area contributed by atoms with Crippen molar-refractivity contribution in [2.45, 2.75) is 71.3 Å². The zero-order chi connectivity index (χ0) is 13.4. The number of unbranched alkanes of at least 4 members (excludes halogenated alkanes) is 3. The van der Waals surface area contributed by atoms with Crippen LogP contribution >= 0.6 is 0 Å². The van der Waals surface area contributed by atoms with Crippen molar-refractivity contribution >= 4 is 5.97 Å². The van der Waals surface area contributed by atoms with Crippen LogP contribution in [0.4, 0.5) is 0 Å². The molecule has 0 aromatic carbocycles. The van der Waals surface area contributed by atoms with Crippen LogP contribution in [0.25, 0.3) is 0 Å². The molecule has 0 saturated carbocycles. The summed E-state index contributed by atoms with van der Waals surface area (Å²) in [6.45, 7) is 8.67. The Balaban J connectivity index is 2.27. The summed E-state index contributed by atoms with van der Waals surface area (Å²) in [4.78, 5) is 11.8. The first-order chi connectivity index (χ1) is 8.56. The van der Waals surface area contributed by atoms with Crippen LogP contribution in [0, 0.1) is 5.92 Å². The molecule has 0 unspecified atom stereocenters. The molecule has 0 atom stereocenters. The molecule has 0 aromatic rings. The molecule has 0 aromatic heterocycles. The normalized spacial score (nSPS) is 17.7. The zero-order valence-electron chi connectivity index (χ0n) is 12.3. The SMILES string of the molecule is CCCCCCC(=O)OC(C)(C)C1CC[NH2+]CC1. The van der Waals surface area contributed by atoms with Crippen molar-refractivity contribution in [2.24, 2.45) is 5.92 Å². The third kappa shape index (κ3) is 5.38. The highest BCUT2D eigenvalue weighted by Gasteiger charge is 2.34. The Morgan fingerprint density at radius 2 is 1.89 bits per heavy atom. The number of carbonyl (C=O) groups excluding carboxylic acids is 1. The van der Waals surface area contributed by atoms with Gasteiger partial charge in [0.15, 0.2) is 0 Å². The fraction of sp³-hybridized carbons (Fsp3) is 0.933. The average molecular weight is 256 g/mol. The van der Waals surface area contributed by atoms with Crippen LogP contribution in [-0.2, 0) is 9.53 Å². The predicted molar refractivity (Wildman–Crippen MR) is 73.3 cm³/mol. The second kappa shape index (κ2) is 7.78. The first-order valence-electron chi connectivity index (χ1n) is 7.59. The molecule has 0 radical (unpaired) electrons. The average Bonchev–Trinajstić information content (AvgIpc) is 2.35. The molecule has 3 heteroatoms. The van der Waals surface area contributed by atoms with Crippen molar-refractivity contribution in [3.05, 3.63) is 0 Å². The summed E-state index contributed by atoms with van der Waals surface area (Å²) in [5.74, 6) is 0.521. The van der Waals surface area contributed by atoms with Crippen LogP contribution in [0.3, 0.4) is 0 Å². The van der Waals surface area contributed by atoms with Crippen molar-refractivity contribution in [3.8, 4) is 0 Å². The number of hydrogen-bond acceptors (Lipinski definition) is 2. The Labute approximate surface area is 112 Å². The van der Waals surface area contributed by atoms with E-state index in [0.717, 1.165) is 25.7 Å². The molecule has 1 fully saturated rings. The van der Waals surface area contributed by atoms with Gasteiger partial charge in [0, 0.05) is 25.2 Å². The number of carbonyl (C=O) groups is 1. The maximum atomic E-state index is 11.8. The Kier molecular flexibility index (Phi) is 6.69. The Morgan fingerprint density at radius 1 is 1.22 bits per heavy atom. The molecular formula is C15H30NO2+. The lowest BCUT2D eigenvalue weighted by Crippen LogP contribution is -2.86. The van der Waals surface area contributed by atoms with E-state index in [1.807, 2.05) is 0 Å². The van der Waals surface area contributed by atoms with Gasteiger partial charge in [-0.2, -0.15) is 0 Å². The van der Waals surface area contributed by atoms with Gasteiger partial charge in [0.2, 0.25) is 0 Å². The molecule has 1 heterocycles. The van der Waals surface area contributed by atoms with Crippen molar-refractivity contribution in [1.82, 2.24) is 0 Å². The molecule has 3 nitrogen and oxygen atoms in total. The molecule has 18 heavy (non-hydrogen) atoms. The summed E-state index contributed by atoms with van der Waals surface area (Å²) in [6.07, 6.45) is 7.45. The molecular weight excluding hydrogens is 226 g/mol. The number of nitrogens with two attached hydrogens (primary N) is 1. The minimum atomic E-state index is -0.282. The topological polar surface area (TPSA) is 42.9 Å². The van der Waals surface area contributed by atoms with E-state index in [2.05, 4.69) is 26.1 Å². The summed E-state index contributed by atoms with van der Waals surface area (Å²) < 4.78 is 5.70. The van der Waals surface area contributed by atoms with Crippen molar-refractivity contribution in [2.75, 3.05) is 13.1 Å². The summed E-state index contributed by atoms with van der Waals surface area (Å²) in [7, 11) is 0. The lowest BCUT2D eigenvalue weighted by molar-refractivity contribution is -0.665. The highest BCUT2D eigenvalue weighted by Crippen LogP contribution is 2.28. The van der Waals surface area contributed by atoms with E-state index in [4.69, 9.17) is 4.74 Å². The van der Waals surface area contributed by atoms with Crippen molar-refractivity contribution in [3.63, 3.8) is 0 Å². The fourth-order valence-electron chi connectivity index (χ4n) is 2.75. The van der Waals surface area contributed by atoms with Gasteiger partial charge in [-0.1, -0.05) is 26.2 Å². The minimum Gasteiger partial charge on any atom is -0.459 e. The molecule has 0 spiro atoms. The first kappa shape index (κ1) is 15.5. The molecule has 0 amide bonds. The molecule has 0 aliphatic carbocycles. The fourth-order valence-corrected chi connectivity index (χ4v) is 2.75. The van der Waals surface area contributed by atoms with Gasteiger partial charge in [-0.3, -0.25) is 4.79 Å². The maximum Gasteiger partial charge on any atom is 0.306 e. The summed E-state index contributed by atoms with van der Waals surface area (Å²) in [5.41, 5.74) is -0.282. The largest absolute Gasteiger partial charge is 0.459 e. The monoisotopic (exact) mass is 256 g/mol. The van der Waals surface area contributed by atoms with E-state index < -0.39 is 0 Å². The Morgan fingerprint density at radius 3 is 2.50 bits per heavy atom. The summed E-state index contributed by atoms with van der Waals surface area (Å²) in [6, 6.07) is 0. The van der Waals surface area contributed by atoms with Crippen molar-refractivity contribution < 1.29 is 14.8 Å². The first-order valence-corrected chi connectivity index (χ1v) is 7.59. The van der Waals surface area contributed by atoms with E-state index in [9.17, 15) is 4.79 Å².